The summed E-state index contributed by atoms with van der Waals surface area (Å²) in [6.07, 6.45) is 19.7. The molecule has 1 unspecified atom stereocenters. The third-order valence-electron chi connectivity index (χ3n) is 9.09. The molecule has 2 nitrogen and oxygen atoms in total. The molecule has 3 heteroatoms. The molecule has 3 aliphatic carbocycles. The normalized spacial score (nSPS) is 24.7. The van der Waals surface area contributed by atoms with Crippen molar-refractivity contribution in [3.63, 3.8) is 0 Å². The Bertz CT molecular complexity index is 1020. The molecule has 3 fully saturated rings. The van der Waals surface area contributed by atoms with Gasteiger partial charge in [-0.25, -0.2) is 0 Å². The van der Waals surface area contributed by atoms with Crippen molar-refractivity contribution in [2.75, 3.05) is 0 Å². The van der Waals surface area contributed by atoms with Gasteiger partial charge in [0.2, 0.25) is 0 Å². The van der Waals surface area contributed by atoms with Crippen molar-refractivity contribution in [3.05, 3.63) is 47.0 Å². The molecule has 0 aromatic heterocycles. The van der Waals surface area contributed by atoms with Crippen LogP contribution in [0.25, 0.3) is 11.1 Å². The van der Waals surface area contributed by atoms with Gasteiger partial charge < -0.3 is 4.52 Å². The lowest BCUT2D eigenvalue weighted by Gasteiger charge is -2.32. The van der Waals surface area contributed by atoms with Gasteiger partial charge in [0.15, 0.2) is 0 Å². The largest absolute Gasteiger partial charge is 0.441 e. The minimum Gasteiger partial charge on any atom is -0.441 e. The molecule has 1 aliphatic heterocycles. The molecule has 6 rings (SSSR count). The third-order valence-corrected chi connectivity index (χ3v) is 10.3. The van der Waals surface area contributed by atoms with Crippen molar-refractivity contribution in [2.45, 2.75) is 114 Å². The highest BCUT2D eigenvalue weighted by atomic mass is 31.1. The van der Waals surface area contributed by atoms with Gasteiger partial charge in [-0.05, 0) is 90.7 Å². The van der Waals surface area contributed by atoms with Crippen LogP contribution in [0, 0.1) is 0 Å². The molecule has 176 valence electrons. The first-order chi connectivity index (χ1) is 16.3. The quantitative estimate of drug-likeness (QED) is 0.425. The van der Waals surface area contributed by atoms with Gasteiger partial charge in [-0.2, -0.15) is 0 Å². The average Bonchev–Trinajstić information content (AvgIpc) is 2.90. The molecule has 33 heavy (non-hydrogen) atoms. The van der Waals surface area contributed by atoms with E-state index in [4.69, 9.17) is 4.52 Å². The maximum absolute atomic E-state index is 13.5. The molecule has 1 heterocycles. The predicted molar refractivity (Wildman–Crippen MR) is 139 cm³/mol. The first kappa shape index (κ1) is 22.0. The highest BCUT2D eigenvalue weighted by molar-refractivity contribution is 7.49. The molecule has 0 bridgehead atoms. The molecule has 0 saturated heterocycles. The van der Waals surface area contributed by atoms with Gasteiger partial charge in [0.05, 0.1) is 5.30 Å². The highest BCUT2D eigenvalue weighted by Gasteiger charge is 2.31. The first-order valence-electron chi connectivity index (χ1n) is 13.8. The number of hydrogen-bond donors (Lipinski definition) is 0. The van der Waals surface area contributed by atoms with Gasteiger partial charge in [0, 0.05) is 5.56 Å². The lowest BCUT2D eigenvalue weighted by molar-refractivity contribution is 0.427. The molecule has 0 radical (unpaired) electrons. The molecule has 0 N–H and O–H groups in total. The fraction of sp³-hybridized carbons (Fsp3) is 0.600. The van der Waals surface area contributed by atoms with Gasteiger partial charge in [-0.3, -0.25) is 4.57 Å². The Hall–Kier alpha value is -1.53. The monoisotopic (exact) mass is 462 g/mol. The number of fused-ring (bicyclic) bond motifs is 3. The summed E-state index contributed by atoms with van der Waals surface area (Å²) in [4.78, 5) is 0. The summed E-state index contributed by atoms with van der Waals surface area (Å²) in [6, 6.07) is 11.8. The summed E-state index contributed by atoms with van der Waals surface area (Å²) in [5, 5.41) is 0.978. The van der Waals surface area contributed by atoms with E-state index >= 15 is 0 Å². The molecule has 0 spiro atoms. The highest BCUT2D eigenvalue weighted by Crippen LogP contribution is 2.51. The Balaban J connectivity index is 1.45. The summed E-state index contributed by atoms with van der Waals surface area (Å²) >= 11 is 0. The van der Waals surface area contributed by atoms with E-state index in [0.717, 1.165) is 11.1 Å². The molecule has 2 aromatic rings. The van der Waals surface area contributed by atoms with E-state index in [2.05, 4.69) is 30.3 Å². The van der Waals surface area contributed by atoms with Gasteiger partial charge in [0.1, 0.15) is 5.75 Å². The standard InChI is InChI=1S/C30H39O2P/c31-33-29-20-24(21-10-4-1-5-11-21)16-17-26(29)28-19-25(22-12-6-2-7-13-22)18-27(30(28)32-33)23-14-8-3-9-15-23/h16-23,33H,1-15H2. The van der Waals surface area contributed by atoms with Crippen molar-refractivity contribution < 1.29 is 9.09 Å². The van der Waals surface area contributed by atoms with Crippen LogP contribution in [0.3, 0.4) is 0 Å². The zero-order valence-corrected chi connectivity index (χ0v) is 21.0. The molecule has 2 aromatic carbocycles. The molecule has 1 atom stereocenters. The van der Waals surface area contributed by atoms with Crippen LogP contribution in [0.1, 0.15) is 131 Å². The fourth-order valence-electron chi connectivity index (χ4n) is 7.18. The van der Waals surface area contributed by atoms with Gasteiger partial charge in [-0.15, -0.1) is 0 Å². The van der Waals surface area contributed by atoms with E-state index in [-0.39, 0.29) is 0 Å². The number of benzene rings is 2. The van der Waals surface area contributed by atoms with E-state index in [1.54, 1.807) is 0 Å². The smallest absolute Gasteiger partial charge is 0.266 e. The minimum atomic E-state index is -2.27. The Morgan fingerprint density at radius 2 is 1.18 bits per heavy atom. The van der Waals surface area contributed by atoms with Crippen LogP contribution in [-0.4, -0.2) is 0 Å². The van der Waals surface area contributed by atoms with Crippen LogP contribution < -0.4 is 9.83 Å². The van der Waals surface area contributed by atoms with Gasteiger partial charge >= 0.3 is 0 Å². The van der Waals surface area contributed by atoms with E-state index in [1.165, 1.54) is 124 Å². The first-order valence-corrected chi connectivity index (χ1v) is 15.1. The molecule has 4 aliphatic rings. The Labute approximate surface area is 200 Å². The Morgan fingerprint density at radius 1 is 0.606 bits per heavy atom. The predicted octanol–water partition coefficient (Wildman–Crippen LogP) is 8.99. The SMILES string of the molecule is O=[PH]1Oc2c(cc(C3CCCCC3)cc2C2CCCCC2)-c2ccc(C3CCCCC3)cc21. The second-order valence-corrected chi connectivity index (χ2v) is 12.5. The summed E-state index contributed by atoms with van der Waals surface area (Å²) in [5.74, 6) is 2.83. The molecule has 0 amide bonds. The average molecular weight is 463 g/mol. The summed E-state index contributed by atoms with van der Waals surface area (Å²) in [6.45, 7) is 0. The second kappa shape index (κ2) is 9.61. The topological polar surface area (TPSA) is 26.3 Å². The van der Waals surface area contributed by atoms with Gasteiger partial charge in [0.25, 0.3) is 8.03 Å². The van der Waals surface area contributed by atoms with Crippen molar-refractivity contribution >= 4 is 13.3 Å². The van der Waals surface area contributed by atoms with Crippen molar-refractivity contribution in [1.82, 2.24) is 0 Å². The molecule has 3 saturated carbocycles. The van der Waals surface area contributed by atoms with Crippen LogP contribution in [0.15, 0.2) is 30.3 Å². The van der Waals surface area contributed by atoms with Crippen LogP contribution >= 0.6 is 8.03 Å². The summed E-state index contributed by atoms with van der Waals surface area (Å²) in [5.41, 5.74) is 6.69. The maximum atomic E-state index is 13.5. The summed E-state index contributed by atoms with van der Waals surface area (Å²) in [7, 11) is -2.27. The van der Waals surface area contributed by atoms with Crippen molar-refractivity contribution in [3.8, 4) is 16.9 Å². The van der Waals surface area contributed by atoms with Crippen LogP contribution in [0.2, 0.25) is 0 Å². The lowest BCUT2D eigenvalue weighted by Crippen LogP contribution is -2.17. The van der Waals surface area contributed by atoms with Crippen molar-refractivity contribution in [2.24, 2.45) is 0 Å². The zero-order chi connectivity index (χ0) is 22.2. The van der Waals surface area contributed by atoms with Crippen LogP contribution in [0.4, 0.5) is 0 Å². The number of rotatable bonds is 3. The summed E-state index contributed by atoms with van der Waals surface area (Å²) < 4.78 is 19.8. The minimum absolute atomic E-state index is 0.564. The number of hydrogen-bond acceptors (Lipinski definition) is 2. The van der Waals surface area contributed by atoms with E-state index in [1.807, 2.05) is 0 Å². The van der Waals surface area contributed by atoms with E-state index in [0.29, 0.717) is 17.8 Å². The van der Waals surface area contributed by atoms with Crippen LogP contribution in [0.5, 0.6) is 5.75 Å². The molecular formula is C30H39O2P. The molecular weight excluding hydrogens is 423 g/mol. The van der Waals surface area contributed by atoms with Crippen molar-refractivity contribution in [1.29, 1.82) is 0 Å². The zero-order valence-electron chi connectivity index (χ0n) is 20.0. The lowest BCUT2D eigenvalue weighted by atomic mass is 9.78. The maximum Gasteiger partial charge on any atom is 0.266 e. The third kappa shape index (κ3) is 4.34. The fourth-order valence-corrected chi connectivity index (χ4v) is 8.43. The van der Waals surface area contributed by atoms with E-state index < -0.39 is 8.03 Å². The van der Waals surface area contributed by atoms with Crippen LogP contribution in [-0.2, 0) is 4.57 Å². The Kier molecular flexibility index (Phi) is 6.40. The second-order valence-electron chi connectivity index (χ2n) is 11.2. The van der Waals surface area contributed by atoms with E-state index in [9.17, 15) is 4.57 Å². The van der Waals surface area contributed by atoms with Gasteiger partial charge in [-0.1, -0.05) is 76.0 Å². The Morgan fingerprint density at radius 3 is 1.82 bits per heavy atom.